The van der Waals surface area contributed by atoms with E-state index in [1.165, 1.54) is 0 Å². The number of carbonyl (C=O) groups is 1. The lowest BCUT2D eigenvalue weighted by Gasteiger charge is -2.04. The summed E-state index contributed by atoms with van der Waals surface area (Å²) in [5.74, 6) is -0.398. The summed E-state index contributed by atoms with van der Waals surface area (Å²) in [7, 11) is 0. The molecule has 0 aromatic rings. The molecular weight excluding hydrogens is 247 g/mol. The van der Waals surface area contributed by atoms with Crippen LogP contribution in [-0.2, 0) is 9.53 Å². The number of halogens is 2. The number of hydrogen-bond acceptors (Lipinski definition) is 2. The number of hydrogen-bond donors (Lipinski definition) is 0. The SMILES string of the molecule is CCOC(=O)C1=CCC(CC)=C(Cl)C=C1Cl. The molecule has 1 aliphatic rings. The molecule has 0 bridgehead atoms. The van der Waals surface area contributed by atoms with Gasteiger partial charge in [-0.05, 0) is 31.4 Å². The Balaban J connectivity index is 2.97. The molecule has 0 saturated heterocycles. The third-order valence-electron chi connectivity index (χ3n) is 2.32. The first-order valence-corrected chi connectivity index (χ1v) is 5.98. The Morgan fingerprint density at radius 1 is 1.44 bits per heavy atom. The average Bonchev–Trinajstić information content (AvgIpc) is 2.37. The zero-order chi connectivity index (χ0) is 12.1. The highest BCUT2D eigenvalue weighted by atomic mass is 35.5. The van der Waals surface area contributed by atoms with Crippen LogP contribution in [0.3, 0.4) is 0 Å². The van der Waals surface area contributed by atoms with Crippen molar-refractivity contribution in [2.45, 2.75) is 26.7 Å². The fourth-order valence-corrected chi connectivity index (χ4v) is 2.05. The number of allylic oxidation sites excluding steroid dienone is 4. The zero-order valence-electron chi connectivity index (χ0n) is 9.35. The Morgan fingerprint density at radius 3 is 2.69 bits per heavy atom. The molecule has 0 aromatic carbocycles. The predicted molar refractivity (Wildman–Crippen MR) is 66.4 cm³/mol. The fourth-order valence-electron chi connectivity index (χ4n) is 1.41. The maximum atomic E-state index is 11.6. The van der Waals surface area contributed by atoms with E-state index in [9.17, 15) is 4.79 Å². The summed E-state index contributed by atoms with van der Waals surface area (Å²) in [5.41, 5.74) is 1.46. The van der Waals surface area contributed by atoms with Crippen LogP contribution in [0.1, 0.15) is 26.7 Å². The lowest BCUT2D eigenvalue weighted by molar-refractivity contribution is -0.138. The van der Waals surface area contributed by atoms with E-state index in [2.05, 4.69) is 0 Å². The summed E-state index contributed by atoms with van der Waals surface area (Å²) in [6.07, 6.45) is 4.85. The van der Waals surface area contributed by atoms with Gasteiger partial charge < -0.3 is 4.74 Å². The third-order valence-corrected chi connectivity index (χ3v) is 3.01. The van der Waals surface area contributed by atoms with Crippen molar-refractivity contribution in [3.63, 3.8) is 0 Å². The molecule has 4 heteroatoms. The maximum absolute atomic E-state index is 11.6. The number of carbonyl (C=O) groups excluding carboxylic acids is 1. The van der Waals surface area contributed by atoms with Gasteiger partial charge >= 0.3 is 5.97 Å². The van der Waals surface area contributed by atoms with Crippen molar-refractivity contribution in [3.8, 4) is 0 Å². The molecular formula is C12H14Cl2O2. The van der Waals surface area contributed by atoms with Gasteiger partial charge in [0.05, 0.1) is 17.2 Å². The number of rotatable bonds is 3. The van der Waals surface area contributed by atoms with Crippen molar-refractivity contribution in [2.24, 2.45) is 0 Å². The van der Waals surface area contributed by atoms with E-state index in [-0.39, 0.29) is 0 Å². The fraction of sp³-hybridized carbons (Fsp3) is 0.417. The standard InChI is InChI=1S/C12H14Cl2O2/c1-3-8-5-6-9(12(15)16-4-2)11(14)7-10(8)13/h6-7H,3-5H2,1-2H3. The molecule has 0 amide bonds. The lowest BCUT2D eigenvalue weighted by atomic mass is 10.1. The van der Waals surface area contributed by atoms with Gasteiger partial charge in [0.15, 0.2) is 0 Å². The van der Waals surface area contributed by atoms with E-state index in [0.29, 0.717) is 28.7 Å². The van der Waals surface area contributed by atoms with E-state index in [0.717, 1.165) is 12.0 Å². The van der Waals surface area contributed by atoms with Crippen molar-refractivity contribution in [1.29, 1.82) is 0 Å². The van der Waals surface area contributed by atoms with Crippen LogP contribution in [0.25, 0.3) is 0 Å². The van der Waals surface area contributed by atoms with Gasteiger partial charge in [-0.1, -0.05) is 36.2 Å². The van der Waals surface area contributed by atoms with Gasteiger partial charge in [0, 0.05) is 5.03 Å². The minimum absolute atomic E-state index is 0.335. The Bertz CT molecular complexity index is 378. The van der Waals surface area contributed by atoms with E-state index >= 15 is 0 Å². The molecule has 2 nitrogen and oxygen atoms in total. The molecule has 1 aliphatic carbocycles. The van der Waals surface area contributed by atoms with Gasteiger partial charge in [-0.3, -0.25) is 0 Å². The lowest BCUT2D eigenvalue weighted by Crippen LogP contribution is -2.07. The second kappa shape index (κ2) is 6.12. The Morgan fingerprint density at radius 2 is 2.12 bits per heavy atom. The molecule has 0 heterocycles. The normalized spacial score (nSPS) is 16.5. The molecule has 0 fully saturated rings. The topological polar surface area (TPSA) is 26.3 Å². The van der Waals surface area contributed by atoms with Crippen LogP contribution in [0.4, 0.5) is 0 Å². The smallest absolute Gasteiger partial charge is 0.339 e. The van der Waals surface area contributed by atoms with Crippen LogP contribution in [0.5, 0.6) is 0 Å². The summed E-state index contributed by atoms with van der Waals surface area (Å²) in [5, 5.41) is 0.954. The highest BCUT2D eigenvalue weighted by molar-refractivity contribution is 6.38. The van der Waals surface area contributed by atoms with Crippen LogP contribution in [0.2, 0.25) is 0 Å². The van der Waals surface area contributed by atoms with Gasteiger partial charge in [0.2, 0.25) is 0 Å². The average molecular weight is 261 g/mol. The van der Waals surface area contributed by atoms with Crippen molar-refractivity contribution in [2.75, 3.05) is 6.61 Å². The van der Waals surface area contributed by atoms with Crippen LogP contribution >= 0.6 is 23.2 Å². The van der Waals surface area contributed by atoms with Gasteiger partial charge in [-0.25, -0.2) is 4.79 Å². The van der Waals surface area contributed by atoms with E-state index < -0.39 is 5.97 Å². The third kappa shape index (κ3) is 3.13. The maximum Gasteiger partial charge on any atom is 0.339 e. The zero-order valence-corrected chi connectivity index (χ0v) is 10.9. The summed E-state index contributed by atoms with van der Waals surface area (Å²) in [4.78, 5) is 11.6. The number of esters is 1. The van der Waals surface area contributed by atoms with Crippen molar-refractivity contribution < 1.29 is 9.53 Å². The van der Waals surface area contributed by atoms with Crippen molar-refractivity contribution in [1.82, 2.24) is 0 Å². The second-order valence-electron chi connectivity index (χ2n) is 3.34. The van der Waals surface area contributed by atoms with Crippen molar-refractivity contribution in [3.05, 3.63) is 33.4 Å². The molecule has 0 spiro atoms. The van der Waals surface area contributed by atoms with Gasteiger partial charge in [-0.2, -0.15) is 0 Å². The van der Waals surface area contributed by atoms with E-state index in [4.69, 9.17) is 27.9 Å². The van der Waals surface area contributed by atoms with Gasteiger partial charge in [0.25, 0.3) is 0 Å². The summed E-state index contributed by atoms with van der Waals surface area (Å²) in [6.45, 7) is 4.11. The molecule has 16 heavy (non-hydrogen) atoms. The highest BCUT2D eigenvalue weighted by Gasteiger charge is 2.17. The highest BCUT2D eigenvalue weighted by Crippen LogP contribution is 2.29. The molecule has 0 N–H and O–H groups in total. The summed E-state index contributed by atoms with van der Waals surface area (Å²) < 4.78 is 4.92. The van der Waals surface area contributed by atoms with E-state index in [1.807, 2.05) is 6.92 Å². The minimum Gasteiger partial charge on any atom is -0.462 e. The molecule has 0 atom stereocenters. The molecule has 0 aromatic heterocycles. The van der Waals surface area contributed by atoms with Gasteiger partial charge in [-0.15, -0.1) is 0 Å². The molecule has 0 aliphatic heterocycles. The Hall–Kier alpha value is -0.730. The molecule has 0 unspecified atom stereocenters. The largest absolute Gasteiger partial charge is 0.462 e. The monoisotopic (exact) mass is 260 g/mol. The van der Waals surface area contributed by atoms with Crippen LogP contribution in [0.15, 0.2) is 33.4 Å². The molecule has 1 rings (SSSR count). The summed E-state index contributed by atoms with van der Waals surface area (Å²) in [6, 6.07) is 0. The molecule has 0 radical (unpaired) electrons. The predicted octanol–water partition coefficient (Wildman–Crippen LogP) is 3.91. The number of ether oxygens (including phenoxy) is 1. The minimum atomic E-state index is -0.398. The quantitative estimate of drug-likeness (QED) is 0.720. The van der Waals surface area contributed by atoms with Crippen molar-refractivity contribution >= 4 is 29.2 Å². The first-order valence-electron chi connectivity index (χ1n) is 5.22. The van der Waals surface area contributed by atoms with Crippen LogP contribution in [-0.4, -0.2) is 12.6 Å². The first-order chi connectivity index (χ1) is 7.60. The second-order valence-corrected chi connectivity index (χ2v) is 4.15. The molecule has 0 saturated carbocycles. The Kier molecular flexibility index (Phi) is 5.10. The first kappa shape index (κ1) is 13.3. The van der Waals surface area contributed by atoms with Crippen LogP contribution < -0.4 is 0 Å². The van der Waals surface area contributed by atoms with E-state index in [1.54, 1.807) is 19.1 Å². The van der Waals surface area contributed by atoms with Gasteiger partial charge in [0.1, 0.15) is 0 Å². The van der Waals surface area contributed by atoms with Crippen LogP contribution in [0, 0.1) is 0 Å². The summed E-state index contributed by atoms with van der Waals surface area (Å²) >= 11 is 12.1. The Labute approximate surface area is 106 Å². The molecule has 88 valence electrons.